The Morgan fingerprint density at radius 2 is 2.29 bits per heavy atom. The van der Waals surface area contributed by atoms with Gasteiger partial charge in [-0.05, 0) is 12.5 Å². The van der Waals surface area contributed by atoms with E-state index in [1.54, 1.807) is 0 Å². The molecule has 1 atom stereocenters. The number of aliphatic carboxylic acids is 1. The van der Waals surface area contributed by atoms with E-state index < -0.39 is 22.0 Å². The van der Waals surface area contributed by atoms with Gasteiger partial charge in [-0.3, -0.25) is 4.79 Å². The molecule has 96 valence electrons. The first-order valence-corrected chi connectivity index (χ1v) is 6.73. The maximum absolute atomic E-state index is 11.7. The molecule has 0 aromatic carbocycles. The summed E-state index contributed by atoms with van der Waals surface area (Å²) in [7, 11) is -3.82. The zero-order chi connectivity index (χ0) is 12.9. The van der Waals surface area contributed by atoms with Gasteiger partial charge in [-0.15, -0.1) is 0 Å². The molecule has 0 saturated carbocycles. The van der Waals surface area contributed by atoms with Crippen LogP contribution in [0.5, 0.6) is 0 Å². The van der Waals surface area contributed by atoms with Crippen LogP contribution in [0.4, 0.5) is 0 Å². The molecule has 0 bridgehead atoms. The summed E-state index contributed by atoms with van der Waals surface area (Å²) in [6, 6.07) is 0.163. The van der Waals surface area contributed by atoms with Crippen molar-refractivity contribution >= 4 is 16.0 Å². The number of carbonyl (C=O) groups is 1. The Morgan fingerprint density at radius 1 is 1.59 bits per heavy atom. The van der Waals surface area contributed by atoms with Gasteiger partial charge in [-0.1, -0.05) is 19.8 Å². The van der Waals surface area contributed by atoms with Gasteiger partial charge >= 0.3 is 5.97 Å². The quantitative estimate of drug-likeness (QED) is 0.768. The number of nitrogens with one attached hydrogen (secondary N) is 1. The monoisotopic (exact) mass is 261 g/mol. The van der Waals surface area contributed by atoms with Crippen LogP contribution in [0.15, 0.2) is 27.9 Å². The van der Waals surface area contributed by atoms with Crippen LogP contribution in [-0.4, -0.2) is 25.5 Å². The van der Waals surface area contributed by atoms with E-state index in [4.69, 9.17) is 5.11 Å². The fraction of sp³-hybridized carbons (Fsp3) is 0.500. The summed E-state index contributed by atoms with van der Waals surface area (Å²) in [6.45, 7) is 1.91. The standard InChI is InChI=1S/C10H15NO5S/c1-2-3-4-9(10(12)13)11-17(14,15)8-5-6-16-7-8/h5-7,9,11H,2-4H2,1H3,(H,12,13)/t9-/m0/s1. The van der Waals surface area contributed by atoms with Crippen LogP contribution in [0.1, 0.15) is 26.2 Å². The molecule has 0 aliphatic carbocycles. The molecule has 0 fully saturated rings. The third kappa shape index (κ3) is 3.86. The molecule has 1 heterocycles. The molecule has 0 spiro atoms. The second-order valence-corrected chi connectivity index (χ2v) is 5.33. The van der Waals surface area contributed by atoms with Crippen molar-refractivity contribution in [3.63, 3.8) is 0 Å². The fourth-order valence-corrected chi connectivity index (χ4v) is 2.45. The van der Waals surface area contributed by atoms with Gasteiger partial charge < -0.3 is 9.52 Å². The Balaban J connectivity index is 2.76. The van der Waals surface area contributed by atoms with Gasteiger partial charge in [0.05, 0.1) is 6.26 Å². The highest BCUT2D eigenvalue weighted by molar-refractivity contribution is 7.89. The van der Waals surface area contributed by atoms with Gasteiger partial charge in [-0.2, -0.15) is 4.72 Å². The second-order valence-electron chi connectivity index (χ2n) is 3.61. The fourth-order valence-electron chi connectivity index (χ4n) is 1.30. The van der Waals surface area contributed by atoms with Crippen molar-refractivity contribution in [1.29, 1.82) is 0 Å². The largest absolute Gasteiger partial charge is 0.480 e. The van der Waals surface area contributed by atoms with Crippen molar-refractivity contribution in [3.8, 4) is 0 Å². The first-order chi connectivity index (χ1) is 7.97. The van der Waals surface area contributed by atoms with Crippen LogP contribution in [-0.2, 0) is 14.8 Å². The van der Waals surface area contributed by atoms with E-state index >= 15 is 0 Å². The number of sulfonamides is 1. The summed E-state index contributed by atoms with van der Waals surface area (Å²) in [4.78, 5) is 10.8. The van der Waals surface area contributed by atoms with Gasteiger partial charge in [0.25, 0.3) is 0 Å². The van der Waals surface area contributed by atoms with Crippen LogP contribution in [0, 0.1) is 0 Å². The van der Waals surface area contributed by atoms with E-state index in [-0.39, 0.29) is 11.3 Å². The number of carboxylic acid groups (broad SMARTS) is 1. The molecule has 1 aromatic heterocycles. The lowest BCUT2D eigenvalue weighted by molar-refractivity contribution is -0.139. The van der Waals surface area contributed by atoms with Gasteiger partial charge in [0.15, 0.2) is 0 Å². The zero-order valence-corrected chi connectivity index (χ0v) is 10.2. The van der Waals surface area contributed by atoms with Crippen molar-refractivity contribution in [1.82, 2.24) is 4.72 Å². The highest BCUT2D eigenvalue weighted by Gasteiger charge is 2.25. The van der Waals surface area contributed by atoms with Crippen LogP contribution in [0.3, 0.4) is 0 Å². The van der Waals surface area contributed by atoms with Crippen LogP contribution < -0.4 is 4.72 Å². The first-order valence-electron chi connectivity index (χ1n) is 5.24. The molecule has 0 aliphatic rings. The minimum Gasteiger partial charge on any atom is -0.480 e. The molecular weight excluding hydrogens is 246 g/mol. The second kappa shape index (κ2) is 5.83. The lowest BCUT2D eigenvalue weighted by atomic mass is 10.1. The van der Waals surface area contributed by atoms with Crippen LogP contribution >= 0.6 is 0 Å². The van der Waals surface area contributed by atoms with Crippen molar-refractivity contribution < 1.29 is 22.7 Å². The number of hydrogen-bond acceptors (Lipinski definition) is 4. The Bertz CT molecular complexity index is 451. The van der Waals surface area contributed by atoms with E-state index in [9.17, 15) is 13.2 Å². The molecule has 0 unspecified atom stereocenters. The lowest BCUT2D eigenvalue weighted by Crippen LogP contribution is -2.40. The predicted octanol–water partition coefficient (Wildman–Crippen LogP) is 1.20. The summed E-state index contributed by atoms with van der Waals surface area (Å²) < 4.78 is 30.3. The third-order valence-corrected chi connectivity index (χ3v) is 3.69. The van der Waals surface area contributed by atoms with E-state index in [0.717, 1.165) is 12.7 Å². The van der Waals surface area contributed by atoms with E-state index in [1.807, 2.05) is 6.92 Å². The molecule has 2 N–H and O–H groups in total. The third-order valence-electron chi connectivity index (χ3n) is 2.25. The van der Waals surface area contributed by atoms with Crippen molar-refractivity contribution in [2.75, 3.05) is 0 Å². The van der Waals surface area contributed by atoms with Crippen molar-refractivity contribution in [3.05, 3.63) is 18.6 Å². The maximum atomic E-state index is 11.7. The average molecular weight is 261 g/mol. The molecule has 1 aromatic rings. The number of furan rings is 1. The summed E-state index contributed by atoms with van der Waals surface area (Å²) in [5, 5.41) is 8.91. The lowest BCUT2D eigenvalue weighted by Gasteiger charge is -2.13. The SMILES string of the molecule is CCCC[C@H](NS(=O)(=O)c1ccoc1)C(=O)O. The van der Waals surface area contributed by atoms with Crippen molar-refractivity contribution in [2.24, 2.45) is 0 Å². The van der Waals surface area contributed by atoms with Gasteiger partial charge in [0, 0.05) is 0 Å². The van der Waals surface area contributed by atoms with Gasteiger partial charge in [0.2, 0.25) is 10.0 Å². The van der Waals surface area contributed by atoms with Gasteiger partial charge in [-0.25, -0.2) is 8.42 Å². The summed E-state index contributed by atoms with van der Waals surface area (Å²) in [5.41, 5.74) is 0. The molecule has 1 rings (SSSR count). The summed E-state index contributed by atoms with van der Waals surface area (Å²) >= 11 is 0. The summed E-state index contributed by atoms with van der Waals surface area (Å²) in [5.74, 6) is -1.18. The van der Waals surface area contributed by atoms with Crippen LogP contribution in [0.25, 0.3) is 0 Å². The normalized spacial score (nSPS) is 13.5. The van der Waals surface area contributed by atoms with Crippen molar-refractivity contribution in [2.45, 2.75) is 37.1 Å². The molecule has 0 aliphatic heterocycles. The topological polar surface area (TPSA) is 96.6 Å². The van der Waals surface area contributed by atoms with Gasteiger partial charge in [0.1, 0.15) is 17.2 Å². The Morgan fingerprint density at radius 3 is 2.76 bits per heavy atom. The molecule has 6 nitrogen and oxygen atoms in total. The highest BCUT2D eigenvalue weighted by Crippen LogP contribution is 2.11. The zero-order valence-electron chi connectivity index (χ0n) is 9.42. The average Bonchev–Trinajstić information content (AvgIpc) is 2.77. The number of hydrogen-bond donors (Lipinski definition) is 2. The number of unbranched alkanes of at least 4 members (excludes halogenated alkanes) is 1. The van der Waals surface area contributed by atoms with E-state index in [1.165, 1.54) is 12.3 Å². The smallest absolute Gasteiger partial charge is 0.321 e. The maximum Gasteiger partial charge on any atom is 0.321 e. The molecular formula is C10H15NO5S. The predicted molar refractivity (Wildman–Crippen MR) is 60.0 cm³/mol. The minimum absolute atomic E-state index is 0.0692. The number of carboxylic acids is 1. The van der Waals surface area contributed by atoms with E-state index in [0.29, 0.717) is 6.42 Å². The molecule has 17 heavy (non-hydrogen) atoms. The first kappa shape index (κ1) is 13.7. The summed E-state index contributed by atoms with van der Waals surface area (Å²) in [6.07, 6.45) is 3.99. The molecule has 0 radical (unpaired) electrons. The highest BCUT2D eigenvalue weighted by atomic mass is 32.2. The minimum atomic E-state index is -3.82. The molecule has 7 heteroatoms. The number of rotatable bonds is 7. The van der Waals surface area contributed by atoms with E-state index in [2.05, 4.69) is 9.14 Å². The molecule has 0 amide bonds. The Kier molecular flexibility index (Phi) is 4.71. The molecule has 0 saturated heterocycles. The Labute approximate surface area is 99.7 Å². The Hall–Kier alpha value is -1.34. The van der Waals surface area contributed by atoms with Crippen LogP contribution in [0.2, 0.25) is 0 Å².